The van der Waals surface area contributed by atoms with Crippen LogP contribution in [0, 0.1) is 6.92 Å². The van der Waals surface area contributed by atoms with E-state index in [0.717, 1.165) is 0 Å². The SMILES string of the molecule is CCn1nccc1-c1nc(O)c(C)c(=O)[nH]1. The maximum atomic E-state index is 11.5. The van der Waals surface area contributed by atoms with Crippen LogP contribution in [-0.4, -0.2) is 24.9 Å². The molecule has 2 N–H and O–H groups in total. The molecule has 0 aliphatic heterocycles. The molecule has 0 aromatic carbocycles. The minimum absolute atomic E-state index is 0.214. The first-order valence-electron chi connectivity index (χ1n) is 4.95. The Morgan fingerprint density at radius 2 is 2.31 bits per heavy atom. The molecule has 2 aromatic rings. The number of H-pyrrole nitrogens is 1. The van der Waals surface area contributed by atoms with Crippen molar-refractivity contribution in [2.45, 2.75) is 20.4 Å². The average molecular weight is 220 g/mol. The van der Waals surface area contributed by atoms with Crippen LogP contribution >= 0.6 is 0 Å². The van der Waals surface area contributed by atoms with Crippen molar-refractivity contribution in [3.05, 3.63) is 28.2 Å². The molecule has 0 saturated carbocycles. The van der Waals surface area contributed by atoms with Gasteiger partial charge in [-0.25, -0.2) is 0 Å². The third-order valence-electron chi connectivity index (χ3n) is 2.38. The molecule has 6 heteroatoms. The summed E-state index contributed by atoms with van der Waals surface area (Å²) in [5.41, 5.74) is 0.549. The van der Waals surface area contributed by atoms with Crippen LogP contribution in [0.3, 0.4) is 0 Å². The number of rotatable bonds is 2. The van der Waals surface area contributed by atoms with Gasteiger partial charge in [-0.2, -0.15) is 10.1 Å². The second kappa shape index (κ2) is 3.80. The van der Waals surface area contributed by atoms with Crippen molar-refractivity contribution in [1.82, 2.24) is 19.7 Å². The number of aromatic amines is 1. The van der Waals surface area contributed by atoms with Crippen LogP contribution in [0.1, 0.15) is 12.5 Å². The van der Waals surface area contributed by atoms with Crippen molar-refractivity contribution in [1.29, 1.82) is 0 Å². The van der Waals surface area contributed by atoms with Gasteiger partial charge in [-0.05, 0) is 19.9 Å². The highest BCUT2D eigenvalue weighted by Gasteiger charge is 2.10. The van der Waals surface area contributed by atoms with E-state index in [-0.39, 0.29) is 17.0 Å². The predicted octanol–water partition coefficient (Wildman–Crippen LogP) is 0.667. The van der Waals surface area contributed by atoms with Crippen LogP contribution < -0.4 is 5.56 Å². The number of nitrogens with one attached hydrogen (secondary N) is 1. The summed E-state index contributed by atoms with van der Waals surface area (Å²) in [7, 11) is 0. The van der Waals surface area contributed by atoms with Gasteiger partial charge in [0, 0.05) is 12.7 Å². The highest BCUT2D eigenvalue weighted by atomic mass is 16.3. The van der Waals surface area contributed by atoms with Gasteiger partial charge in [0.05, 0.1) is 5.56 Å². The van der Waals surface area contributed by atoms with Crippen LogP contribution in [0.25, 0.3) is 11.5 Å². The monoisotopic (exact) mass is 220 g/mol. The molecule has 0 aliphatic carbocycles. The van der Waals surface area contributed by atoms with Crippen LogP contribution in [-0.2, 0) is 6.54 Å². The van der Waals surface area contributed by atoms with Gasteiger partial charge in [0.1, 0.15) is 5.69 Å². The zero-order valence-electron chi connectivity index (χ0n) is 9.06. The molecule has 0 spiro atoms. The summed E-state index contributed by atoms with van der Waals surface area (Å²) in [5.74, 6) is 0.0788. The number of aromatic nitrogens is 4. The van der Waals surface area contributed by atoms with Crippen molar-refractivity contribution < 1.29 is 5.11 Å². The molecule has 0 unspecified atom stereocenters. The molecular weight excluding hydrogens is 208 g/mol. The lowest BCUT2D eigenvalue weighted by Gasteiger charge is -2.05. The van der Waals surface area contributed by atoms with E-state index in [9.17, 15) is 9.90 Å². The molecule has 2 rings (SSSR count). The lowest BCUT2D eigenvalue weighted by molar-refractivity contribution is 0.446. The summed E-state index contributed by atoms with van der Waals surface area (Å²) < 4.78 is 1.69. The van der Waals surface area contributed by atoms with E-state index < -0.39 is 0 Å². The number of hydrogen-bond acceptors (Lipinski definition) is 4. The largest absolute Gasteiger partial charge is 0.493 e. The molecule has 6 nitrogen and oxygen atoms in total. The minimum Gasteiger partial charge on any atom is -0.493 e. The molecule has 84 valence electrons. The Hall–Kier alpha value is -2.11. The summed E-state index contributed by atoms with van der Waals surface area (Å²) in [6.07, 6.45) is 1.62. The summed E-state index contributed by atoms with van der Waals surface area (Å²) >= 11 is 0. The lowest BCUT2D eigenvalue weighted by atomic mass is 10.3. The number of aromatic hydroxyl groups is 1. The standard InChI is InChI=1S/C10H12N4O2/c1-3-14-7(4-5-11-14)8-12-9(15)6(2)10(16)13-8/h4-5H,3H2,1-2H3,(H2,12,13,15,16). The van der Waals surface area contributed by atoms with Gasteiger partial charge in [-0.15, -0.1) is 0 Å². The third kappa shape index (κ3) is 1.58. The van der Waals surface area contributed by atoms with E-state index in [1.54, 1.807) is 16.9 Å². The number of nitrogens with zero attached hydrogens (tertiary/aromatic N) is 3. The molecule has 2 heterocycles. The predicted molar refractivity (Wildman–Crippen MR) is 58.2 cm³/mol. The van der Waals surface area contributed by atoms with E-state index in [4.69, 9.17) is 0 Å². The third-order valence-corrected chi connectivity index (χ3v) is 2.38. The van der Waals surface area contributed by atoms with Gasteiger partial charge in [-0.1, -0.05) is 0 Å². The Balaban J connectivity index is 2.61. The van der Waals surface area contributed by atoms with Crippen molar-refractivity contribution >= 4 is 0 Å². The van der Waals surface area contributed by atoms with Crippen molar-refractivity contribution in [3.8, 4) is 17.4 Å². The van der Waals surface area contributed by atoms with Gasteiger partial charge in [0.25, 0.3) is 5.56 Å². The Bertz CT molecular complexity index is 570. The number of hydrogen-bond donors (Lipinski definition) is 2. The Morgan fingerprint density at radius 1 is 1.56 bits per heavy atom. The van der Waals surface area contributed by atoms with Gasteiger partial charge in [-0.3, -0.25) is 9.48 Å². The first-order chi connectivity index (χ1) is 7.63. The minimum atomic E-state index is -0.341. The fourth-order valence-corrected chi connectivity index (χ4v) is 1.43. The summed E-state index contributed by atoms with van der Waals surface area (Å²) in [4.78, 5) is 18.0. The molecule has 2 aromatic heterocycles. The summed E-state index contributed by atoms with van der Waals surface area (Å²) in [6, 6.07) is 1.73. The van der Waals surface area contributed by atoms with E-state index in [0.29, 0.717) is 18.1 Å². The van der Waals surface area contributed by atoms with Gasteiger partial charge < -0.3 is 10.1 Å². The topological polar surface area (TPSA) is 83.8 Å². The fraction of sp³-hybridized carbons (Fsp3) is 0.300. The second-order valence-electron chi connectivity index (χ2n) is 3.40. The Labute approximate surface area is 91.6 Å². The zero-order chi connectivity index (χ0) is 11.7. The van der Waals surface area contributed by atoms with Crippen molar-refractivity contribution in [2.75, 3.05) is 0 Å². The molecule has 0 amide bonds. The van der Waals surface area contributed by atoms with Gasteiger partial charge in [0.2, 0.25) is 5.88 Å². The molecule has 0 fully saturated rings. The first-order valence-corrected chi connectivity index (χ1v) is 4.95. The normalized spacial score (nSPS) is 10.6. The summed E-state index contributed by atoms with van der Waals surface area (Å²) in [5, 5.41) is 13.5. The highest BCUT2D eigenvalue weighted by molar-refractivity contribution is 5.50. The van der Waals surface area contributed by atoms with Gasteiger partial charge >= 0.3 is 0 Å². The maximum absolute atomic E-state index is 11.5. The van der Waals surface area contributed by atoms with Crippen LogP contribution in [0.2, 0.25) is 0 Å². The maximum Gasteiger partial charge on any atom is 0.257 e. The van der Waals surface area contributed by atoms with Crippen molar-refractivity contribution in [2.24, 2.45) is 0 Å². The zero-order valence-corrected chi connectivity index (χ0v) is 9.06. The average Bonchev–Trinajstić information content (AvgIpc) is 2.73. The van der Waals surface area contributed by atoms with Crippen LogP contribution in [0.15, 0.2) is 17.1 Å². The fourth-order valence-electron chi connectivity index (χ4n) is 1.43. The second-order valence-corrected chi connectivity index (χ2v) is 3.40. The number of aryl methyl sites for hydroxylation is 1. The van der Waals surface area contributed by atoms with Crippen LogP contribution in [0.5, 0.6) is 5.88 Å². The first kappa shape index (κ1) is 10.4. The smallest absolute Gasteiger partial charge is 0.257 e. The van der Waals surface area contributed by atoms with Crippen molar-refractivity contribution in [3.63, 3.8) is 0 Å². The lowest BCUT2D eigenvalue weighted by Crippen LogP contribution is -2.13. The van der Waals surface area contributed by atoms with Crippen LogP contribution in [0.4, 0.5) is 0 Å². The molecule has 0 radical (unpaired) electrons. The molecule has 16 heavy (non-hydrogen) atoms. The highest BCUT2D eigenvalue weighted by Crippen LogP contribution is 2.16. The molecule has 0 bridgehead atoms. The van der Waals surface area contributed by atoms with Gasteiger partial charge in [0.15, 0.2) is 5.82 Å². The molecule has 0 aliphatic rings. The summed E-state index contributed by atoms with van der Waals surface area (Å²) in [6.45, 7) is 4.12. The molecular formula is C10H12N4O2. The molecule has 0 saturated heterocycles. The Kier molecular flexibility index (Phi) is 2.47. The Morgan fingerprint density at radius 3 is 2.94 bits per heavy atom. The van der Waals surface area contributed by atoms with E-state index in [1.807, 2.05) is 6.92 Å². The molecule has 0 atom stereocenters. The van der Waals surface area contributed by atoms with E-state index in [2.05, 4.69) is 15.1 Å². The quantitative estimate of drug-likeness (QED) is 0.779. The van der Waals surface area contributed by atoms with E-state index in [1.165, 1.54) is 6.92 Å². The van der Waals surface area contributed by atoms with E-state index >= 15 is 0 Å².